The van der Waals surface area contributed by atoms with Crippen molar-refractivity contribution in [1.82, 2.24) is 15.1 Å². The summed E-state index contributed by atoms with van der Waals surface area (Å²) in [7, 11) is 0. The first-order chi connectivity index (χ1) is 12.7. The van der Waals surface area contributed by atoms with Gasteiger partial charge in [-0.1, -0.05) is 20.3 Å². The van der Waals surface area contributed by atoms with Crippen LogP contribution in [0.1, 0.15) is 86.4 Å². The van der Waals surface area contributed by atoms with Crippen LogP contribution in [0.15, 0.2) is 16.5 Å². The minimum atomic E-state index is 0.154. The molecule has 0 saturated carbocycles. The topological polar surface area (TPSA) is 54.3 Å². The molecule has 2 aliphatic rings. The van der Waals surface area contributed by atoms with E-state index in [4.69, 9.17) is 9.15 Å². The smallest absolute Gasteiger partial charge is 0.133 e. The largest absolute Gasteiger partial charge is 0.462 e. The van der Waals surface area contributed by atoms with Gasteiger partial charge in [0.1, 0.15) is 17.6 Å². The highest BCUT2D eigenvalue weighted by Crippen LogP contribution is 2.31. The van der Waals surface area contributed by atoms with E-state index in [1.54, 1.807) is 0 Å². The van der Waals surface area contributed by atoms with Gasteiger partial charge in [-0.25, -0.2) is 0 Å². The zero-order valence-corrected chi connectivity index (χ0v) is 16.1. The van der Waals surface area contributed by atoms with Crippen molar-refractivity contribution in [1.29, 1.82) is 0 Å². The van der Waals surface area contributed by atoms with Gasteiger partial charge in [-0.15, -0.1) is 0 Å². The molecule has 142 valence electrons. The first-order valence-corrected chi connectivity index (χ1v) is 10.2. The van der Waals surface area contributed by atoms with Crippen molar-refractivity contribution < 1.29 is 9.15 Å². The van der Waals surface area contributed by atoms with Gasteiger partial charge in [0.15, 0.2) is 0 Å². The molecular weight excluding hydrogens is 326 g/mol. The number of rotatable bonds is 6. The molecule has 1 fully saturated rings. The summed E-state index contributed by atoms with van der Waals surface area (Å²) < 4.78 is 12.0. The minimum absolute atomic E-state index is 0.154. The number of nitrogens with one attached hydrogen (secondary N) is 1. The van der Waals surface area contributed by atoms with Crippen LogP contribution in [0.5, 0.6) is 0 Å². The Morgan fingerprint density at radius 3 is 3.08 bits per heavy atom. The highest BCUT2D eigenvalue weighted by molar-refractivity contribution is 5.30. The number of ether oxygens (including phenoxy) is 1. The number of aromatic amines is 1. The molecule has 2 aromatic rings. The molecule has 4 heterocycles. The summed E-state index contributed by atoms with van der Waals surface area (Å²) in [6.07, 6.45) is 7.07. The van der Waals surface area contributed by atoms with E-state index in [1.165, 1.54) is 42.6 Å². The maximum Gasteiger partial charge on any atom is 0.133 e. The van der Waals surface area contributed by atoms with Crippen LogP contribution in [0.25, 0.3) is 0 Å². The van der Waals surface area contributed by atoms with Crippen molar-refractivity contribution in [3.8, 4) is 0 Å². The van der Waals surface area contributed by atoms with Crippen LogP contribution < -0.4 is 0 Å². The van der Waals surface area contributed by atoms with Crippen molar-refractivity contribution in [3.63, 3.8) is 0 Å². The average Bonchev–Trinajstić information content (AvgIpc) is 3.29. The molecule has 0 bridgehead atoms. The summed E-state index contributed by atoms with van der Waals surface area (Å²) >= 11 is 0. The van der Waals surface area contributed by atoms with E-state index >= 15 is 0 Å². The summed E-state index contributed by atoms with van der Waals surface area (Å²) in [6.45, 7) is 8.26. The van der Waals surface area contributed by atoms with E-state index < -0.39 is 0 Å². The Balaban J connectivity index is 1.41. The zero-order valence-electron chi connectivity index (χ0n) is 16.1. The van der Waals surface area contributed by atoms with Gasteiger partial charge in [-0.05, 0) is 37.8 Å². The lowest BCUT2D eigenvalue weighted by atomic mass is 9.95. The van der Waals surface area contributed by atoms with Gasteiger partial charge in [0.25, 0.3) is 0 Å². The summed E-state index contributed by atoms with van der Waals surface area (Å²) in [4.78, 5) is 2.48. The van der Waals surface area contributed by atoms with Crippen molar-refractivity contribution in [2.75, 3.05) is 13.2 Å². The van der Waals surface area contributed by atoms with Crippen molar-refractivity contribution in [3.05, 3.63) is 40.6 Å². The summed E-state index contributed by atoms with van der Waals surface area (Å²) in [5.41, 5.74) is 4.01. The second-order valence-electron chi connectivity index (χ2n) is 7.88. The molecule has 1 saturated heterocycles. The summed E-state index contributed by atoms with van der Waals surface area (Å²) in [5.74, 6) is 2.57. The molecule has 0 unspecified atom stereocenters. The molecule has 0 spiro atoms. The van der Waals surface area contributed by atoms with Crippen molar-refractivity contribution in [2.24, 2.45) is 0 Å². The molecule has 2 atom stereocenters. The fourth-order valence-corrected chi connectivity index (χ4v) is 4.32. The lowest BCUT2D eigenvalue weighted by Gasteiger charge is -2.27. The Kier molecular flexibility index (Phi) is 5.46. The molecule has 26 heavy (non-hydrogen) atoms. The van der Waals surface area contributed by atoms with E-state index in [1.807, 2.05) is 0 Å². The number of fused-ring (bicyclic) bond motifs is 1. The molecular formula is C21H31N3O2. The second-order valence-corrected chi connectivity index (χ2v) is 7.88. The van der Waals surface area contributed by atoms with Gasteiger partial charge in [0, 0.05) is 43.3 Å². The standard InChI is InChI=1S/C21H31N3O2/c1-3-6-15(2)21-17-14-24(11-10-18(17)22-23-21)13-16-8-9-20(26-16)19-7-4-5-12-25-19/h8-9,15,19H,3-7,10-14H2,1-2H3,(H,22,23)/t15-,19-/m0/s1. The van der Waals surface area contributed by atoms with Gasteiger partial charge in [0.2, 0.25) is 0 Å². The van der Waals surface area contributed by atoms with Crippen LogP contribution in [0.3, 0.4) is 0 Å². The Hall–Kier alpha value is -1.59. The predicted octanol–water partition coefficient (Wildman–Crippen LogP) is 4.71. The maximum atomic E-state index is 6.12. The van der Waals surface area contributed by atoms with Crippen LogP contribution in [-0.4, -0.2) is 28.2 Å². The van der Waals surface area contributed by atoms with E-state index in [2.05, 4.69) is 41.1 Å². The van der Waals surface area contributed by atoms with E-state index in [0.29, 0.717) is 5.92 Å². The maximum absolute atomic E-state index is 6.12. The molecule has 0 radical (unpaired) electrons. The molecule has 0 amide bonds. The number of hydrogen-bond acceptors (Lipinski definition) is 4. The Morgan fingerprint density at radius 2 is 2.27 bits per heavy atom. The normalized spacial score (nSPS) is 22.3. The lowest BCUT2D eigenvalue weighted by molar-refractivity contribution is 0.000798. The van der Waals surface area contributed by atoms with Crippen LogP contribution in [-0.2, 0) is 24.2 Å². The first kappa shape index (κ1) is 17.8. The number of nitrogens with zero attached hydrogens (tertiary/aromatic N) is 2. The Morgan fingerprint density at radius 1 is 1.35 bits per heavy atom. The van der Waals surface area contributed by atoms with Crippen LogP contribution in [0.2, 0.25) is 0 Å². The van der Waals surface area contributed by atoms with Gasteiger partial charge < -0.3 is 9.15 Å². The average molecular weight is 357 g/mol. The second kappa shape index (κ2) is 7.97. The van der Waals surface area contributed by atoms with Crippen LogP contribution >= 0.6 is 0 Å². The number of furan rings is 1. The highest BCUT2D eigenvalue weighted by atomic mass is 16.5. The SMILES string of the molecule is CCC[C@H](C)c1n[nH]c2c1CN(Cc1ccc([C@@H]3CCCCO3)o1)CC2. The number of aromatic nitrogens is 2. The monoisotopic (exact) mass is 357 g/mol. The van der Waals surface area contributed by atoms with E-state index in [-0.39, 0.29) is 6.10 Å². The van der Waals surface area contributed by atoms with Gasteiger partial charge in [-0.2, -0.15) is 5.10 Å². The quantitative estimate of drug-likeness (QED) is 0.814. The van der Waals surface area contributed by atoms with Gasteiger partial charge in [-0.3, -0.25) is 10.00 Å². The van der Waals surface area contributed by atoms with Crippen molar-refractivity contribution >= 4 is 0 Å². The molecule has 0 aromatic carbocycles. The molecule has 2 aliphatic heterocycles. The predicted molar refractivity (Wildman–Crippen MR) is 101 cm³/mol. The van der Waals surface area contributed by atoms with Crippen LogP contribution in [0, 0.1) is 0 Å². The van der Waals surface area contributed by atoms with E-state index in [0.717, 1.165) is 50.6 Å². The third kappa shape index (κ3) is 3.74. The fraction of sp³-hybridized carbons (Fsp3) is 0.667. The van der Waals surface area contributed by atoms with Gasteiger partial charge in [0.05, 0.1) is 12.2 Å². The molecule has 2 aromatic heterocycles. The molecule has 0 aliphatic carbocycles. The fourth-order valence-electron chi connectivity index (χ4n) is 4.32. The minimum Gasteiger partial charge on any atom is -0.462 e. The molecule has 4 rings (SSSR count). The molecule has 5 heteroatoms. The number of H-pyrrole nitrogens is 1. The number of hydrogen-bond donors (Lipinski definition) is 1. The highest BCUT2D eigenvalue weighted by Gasteiger charge is 2.25. The van der Waals surface area contributed by atoms with E-state index in [9.17, 15) is 0 Å². The third-order valence-corrected chi connectivity index (χ3v) is 5.79. The first-order valence-electron chi connectivity index (χ1n) is 10.2. The summed E-state index contributed by atoms with van der Waals surface area (Å²) in [5, 5.41) is 7.91. The Bertz CT molecular complexity index is 715. The third-order valence-electron chi connectivity index (χ3n) is 5.79. The molecule has 5 nitrogen and oxygen atoms in total. The van der Waals surface area contributed by atoms with Gasteiger partial charge >= 0.3 is 0 Å². The lowest BCUT2D eigenvalue weighted by Crippen LogP contribution is -2.30. The Labute approximate surface area is 156 Å². The zero-order chi connectivity index (χ0) is 17.9. The molecule has 1 N–H and O–H groups in total. The van der Waals surface area contributed by atoms with Crippen molar-refractivity contribution in [2.45, 2.75) is 77.5 Å². The van der Waals surface area contributed by atoms with Crippen LogP contribution in [0.4, 0.5) is 0 Å². The summed E-state index contributed by atoms with van der Waals surface area (Å²) in [6, 6.07) is 4.23.